The molecule has 4 aromatic rings. The number of para-hydroxylation sites is 1. The van der Waals surface area contributed by atoms with Gasteiger partial charge in [0.2, 0.25) is 0 Å². The molecule has 2 heterocycles. The van der Waals surface area contributed by atoms with Gasteiger partial charge < -0.3 is 9.64 Å². The van der Waals surface area contributed by atoms with E-state index in [-0.39, 0.29) is 5.91 Å². The summed E-state index contributed by atoms with van der Waals surface area (Å²) in [5, 5.41) is 5.63. The maximum atomic E-state index is 13.3. The number of nitrogens with zero attached hydrogens (tertiary/aromatic N) is 4. The first-order valence-corrected chi connectivity index (χ1v) is 9.98. The Balaban J connectivity index is 1.79. The molecule has 152 valence electrons. The zero-order valence-electron chi connectivity index (χ0n) is 17.0. The second kappa shape index (κ2) is 8.16. The Morgan fingerprint density at radius 1 is 1.13 bits per heavy atom. The van der Waals surface area contributed by atoms with Gasteiger partial charge in [0.05, 0.1) is 34.5 Å². The zero-order valence-corrected chi connectivity index (χ0v) is 17.7. The van der Waals surface area contributed by atoms with Crippen LogP contribution in [0.3, 0.4) is 0 Å². The molecule has 0 atom stereocenters. The summed E-state index contributed by atoms with van der Waals surface area (Å²) >= 11 is 6.72. The molecular formula is C23H21ClN4O2. The minimum Gasteiger partial charge on any atom is -0.497 e. The second-order valence-corrected chi connectivity index (χ2v) is 7.14. The molecule has 4 rings (SSSR count). The van der Waals surface area contributed by atoms with Gasteiger partial charge in [-0.1, -0.05) is 29.8 Å². The molecule has 6 nitrogen and oxygen atoms in total. The number of aromatic nitrogens is 3. The third kappa shape index (κ3) is 3.39. The fourth-order valence-electron chi connectivity index (χ4n) is 3.46. The van der Waals surface area contributed by atoms with Crippen molar-refractivity contribution in [2.24, 2.45) is 0 Å². The molecule has 0 saturated heterocycles. The van der Waals surface area contributed by atoms with Gasteiger partial charge in [-0.15, -0.1) is 0 Å². The van der Waals surface area contributed by atoms with E-state index in [4.69, 9.17) is 16.3 Å². The standard InChI is InChI=1S/C23H21ClN4O2/c1-4-27(16-8-6-5-7-9-16)23(29)19-14-25-22-20(21(19)24)15(2)26-28(22)17-10-12-18(30-3)13-11-17/h5-14H,4H2,1-3H3. The van der Waals surface area contributed by atoms with E-state index >= 15 is 0 Å². The number of anilines is 1. The Hall–Kier alpha value is -3.38. The van der Waals surface area contributed by atoms with Gasteiger partial charge in [-0.3, -0.25) is 4.79 Å². The highest BCUT2D eigenvalue weighted by atomic mass is 35.5. The van der Waals surface area contributed by atoms with Crippen molar-refractivity contribution in [3.8, 4) is 11.4 Å². The van der Waals surface area contributed by atoms with Gasteiger partial charge in [-0.25, -0.2) is 9.67 Å². The number of halogens is 1. The van der Waals surface area contributed by atoms with Crippen LogP contribution < -0.4 is 9.64 Å². The Morgan fingerprint density at radius 2 is 1.83 bits per heavy atom. The number of ether oxygens (including phenoxy) is 1. The van der Waals surface area contributed by atoms with E-state index in [2.05, 4.69) is 10.1 Å². The predicted octanol–water partition coefficient (Wildman–Crippen LogP) is 5.06. The lowest BCUT2D eigenvalue weighted by atomic mass is 10.1. The maximum absolute atomic E-state index is 13.3. The van der Waals surface area contributed by atoms with Crippen molar-refractivity contribution in [2.75, 3.05) is 18.6 Å². The SMILES string of the molecule is CCN(C(=O)c1cnc2c(c(C)nn2-c2ccc(OC)cc2)c1Cl)c1ccccc1. The fraction of sp³-hybridized carbons (Fsp3) is 0.174. The molecular weight excluding hydrogens is 400 g/mol. The Bertz CT molecular complexity index is 1200. The number of hydrogen-bond donors (Lipinski definition) is 0. The molecule has 0 N–H and O–H groups in total. The predicted molar refractivity (Wildman–Crippen MR) is 119 cm³/mol. The van der Waals surface area contributed by atoms with E-state index in [0.717, 1.165) is 17.1 Å². The van der Waals surface area contributed by atoms with Crippen LogP contribution >= 0.6 is 11.6 Å². The smallest absolute Gasteiger partial charge is 0.261 e. The molecule has 0 fully saturated rings. The summed E-state index contributed by atoms with van der Waals surface area (Å²) in [4.78, 5) is 19.5. The maximum Gasteiger partial charge on any atom is 0.261 e. The number of aryl methyl sites for hydroxylation is 1. The minimum absolute atomic E-state index is 0.195. The number of fused-ring (bicyclic) bond motifs is 1. The molecule has 0 bridgehead atoms. The van der Waals surface area contributed by atoms with Gasteiger partial charge in [-0.2, -0.15) is 5.10 Å². The Morgan fingerprint density at radius 3 is 2.47 bits per heavy atom. The minimum atomic E-state index is -0.195. The van der Waals surface area contributed by atoms with Gasteiger partial charge in [-0.05, 0) is 50.2 Å². The largest absolute Gasteiger partial charge is 0.497 e. The van der Waals surface area contributed by atoms with Crippen molar-refractivity contribution in [3.63, 3.8) is 0 Å². The number of hydrogen-bond acceptors (Lipinski definition) is 4. The van der Waals surface area contributed by atoms with Crippen LogP contribution in [0.5, 0.6) is 5.75 Å². The van der Waals surface area contributed by atoms with Crippen molar-refractivity contribution in [1.82, 2.24) is 14.8 Å². The molecule has 0 radical (unpaired) electrons. The van der Waals surface area contributed by atoms with Crippen molar-refractivity contribution < 1.29 is 9.53 Å². The first-order chi connectivity index (χ1) is 14.5. The van der Waals surface area contributed by atoms with Crippen LogP contribution in [0.15, 0.2) is 60.8 Å². The number of benzene rings is 2. The highest BCUT2D eigenvalue weighted by molar-refractivity contribution is 6.39. The van der Waals surface area contributed by atoms with Crippen LogP contribution in [0.25, 0.3) is 16.7 Å². The summed E-state index contributed by atoms with van der Waals surface area (Å²) in [5.41, 5.74) is 3.30. The highest BCUT2D eigenvalue weighted by Gasteiger charge is 2.23. The van der Waals surface area contributed by atoms with E-state index in [1.165, 1.54) is 6.20 Å². The highest BCUT2D eigenvalue weighted by Crippen LogP contribution is 2.31. The summed E-state index contributed by atoms with van der Waals surface area (Å²) < 4.78 is 6.94. The topological polar surface area (TPSA) is 60.2 Å². The Kier molecular flexibility index (Phi) is 5.42. The van der Waals surface area contributed by atoms with Crippen molar-refractivity contribution in [2.45, 2.75) is 13.8 Å². The molecule has 2 aromatic carbocycles. The lowest BCUT2D eigenvalue weighted by Crippen LogP contribution is -2.31. The van der Waals surface area contributed by atoms with Gasteiger partial charge in [0.15, 0.2) is 5.65 Å². The molecule has 30 heavy (non-hydrogen) atoms. The third-order valence-electron chi connectivity index (χ3n) is 4.98. The van der Waals surface area contributed by atoms with E-state index in [9.17, 15) is 4.79 Å². The molecule has 0 spiro atoms. The average molecular weight is 421 g/mol. The summed E-state index contributed by atoms with van der Waals surface area (Å²) in [6.07, 6.45) is 1.53. The Labute approximate surface area is 179 Å². The van der Waals surface area contributed by atoms with Crippen molar-refractivity contribution in [1.29, 1.82) is 0 Å². The lowest BCUT2D eigenvalue weighted by molar-refractivity contribution is 0.0988. The van der Waals surface area contributed by atoms with Crippen molar-refractivity contribution in [3.05, 3.63) is 77.1 Å². The fourth-order valence-corrected chi connectivity index (χ4v) is 3.81. The van der Waals surface area contributed by atoms with Crippen LogP contribution in [0, 0.1) is 6.92 Å². The summed E-state index contributed by atoms with van der Waals surface area (Å²) in [5.74, 6) is 0.561. The normalized spacial score (nSPS) is 10.9. The summed E-state index contributed by atoms with van der Waals surface area (Å²) in [6, 6.07) is 17.0. The van der Waals surface area contributed by atoms with Gasteiger partial charge >= 0.3 is 0 Å². The first-order valence-electron chi connectivity index (χ1n) is 9.60. The summed E-state index contributed by atoms with van der Waals surface area (Å²) in [6.45, 7) is 4.30. The van der Waals surface area contributed by atoms with Crippen LogP contribution in [-0.4, -0.2) is 34.3 Å². The number of rotatable bonds is 5. The first kappa shape index (κ1) is 19.9. The molecule has 7 heteroatoms. The second-order valence-electron chi connectivity index (χ2n) is 6.76. The quantitative estimate of drug-likeness (QED) is 0.453. The number of carbonyl (C=O) groups excluding carboxylic acids is 1. The van der Waals surface area contributed by atoms with Crippen LogP contribution in [0.2, 0.25) is 5.02 Å². The van der Waals surface area contributed by atoms with Crippen LogP contribution in [0.4, 0.5) is 5.69 Å². The third-order valence-corrected chi connectivity index (χ3v) is 5.38. The summed E-state index contributed by atoms with van der Waals surface area (Å²) in [7, 11) is 1.62. The molecule has 0 saturated carbocycles. The molecule has 0 unspecified atom stereocenters. The molecule has 0 aliphatic carbocycles. The number of pyridine rings is 1. The average Bonchev–Trinajstić information content (AvgIpc) is 3.12. The zero-order chi connectivity index (χ0) is 21.3. The molecule has 0 aliphatic heterocycles. The van der Waals surface area contributed by atoms with E-state index in [1.807, 2.05) is 68.4 Å². The van der Waals surface area contributed by atoms with E-state index < -0.39 is 0 Å². The molecule has 2 aromatic heterocycles. The number of carbonyl (C=O) groups is 1. The molecule has 0 aliphatic rings. The lowest BCUT2D eigenvalue weighted by Gasteiger charge is -2.21. The molecule has 1 amide bonds. The van der Waals surface area contributed by atoms with Crippen LogP contribution in [0.1, 0.15) is 23.0 Å². The monoisotopic (exact) mass is 420 g/mol. The number of methoxy groups -OCH3 is 1. The van der Waals surface area contributed by atoms with E-state index in [1.54, 1.807) is 16.7 Å². The van der Waals surface area contributed by atoms with Crippen molar-refractivity contribution >= 4 is 34.2 Å². The number of amides is 1. The van der Waals surface area contributed by atoms with Gasteiger partial charge in [0.25, 0.3) is 5.91 Å². The van der Waals surface area contributed by atoms with Crippen LogP contribution in [-0.2, 0) is 0 Å². The van der Waals surface area contributed by atoms with Gasteiger partial charge in [0, 0.05) is 18.4 Å². The van der Waals surface area contributed by atoms with E-state index in [0.29, 0.717) is 33.9 Å². The van der Waals surface area contributed by atoms with Gasteiger partial charge in [0.1, 0.15) is 5.75 Å².